The average molecular weight is 403 g/mol. The van der Waals surface area contributed by atoms with Crippen molar-refractivity contribution in [3.8, 4) is 5.75 Å². The summed E-state index contributed by atoms with van der Waals surface area (Å²) in [4.78, 5) is 40.4. The molecule has 1 aromatic carbocycles. The SMILES string of the molecule is CCC(C)Oc1ccc(/C=C2\SC(=O)N(CC(=O)N3CCCCC3)C2=O)cc1. The second kappa shape index (κ2) is 9.28. The molecular weight excluding hydrogens is 376 g/mol. The summed E-state index contributed by atoms with van der Waals surface area (Å²) in [6.07, 6.45) is 5.82. The Balaban J connectivity index is 1.64. The van der Waals surface area contributed by atoms with Crippen LogP contribution in [0, 0.1) is 0 Å². The highest BCUT2D eigenvalue weighted by Crippen LogP contribution is 2.32. The van der Waals surface area contributed by atoms with Gasteiger partial charge >= 0.3 is 0 Å². The van der Waals surface area contributed by atoms with E-state index in [4.69, 9.17) is 4.74 Å². The predicted molar refractivity (Wildman–Crippen MR) is 110 cm³/mol. The van der Waals surface area contributed by atoms with Crippen molar-refractivity contribution in [2.75, 3.05) is 19.6 Å². The molecule has 2 heterocycles. The summed E-state index contributed by atoms with van der Waals surface area (Å²) in [7, 11) is 0. The van der Waals surface area contributed by atoms with E-state index in [0.29, 0.717) is 18.0 Å². The van der Waals surface area contributed by atoms with Crippen LogP contribution < -0.4 is 4.74 Å². The molecule has 2 aliphatic rings. The maximum Gasteiger partial charge on any atom is 0.294 e. The first kappa shape index (κ1) is 20.5. The first-order valence-electron chi connectivity index (χ1n) is 9.77. The highest BCUT2D eigenvalue weighted by Gasteiger charge is 2.37. The Morgan fingerprint density at radius 3 is 2.50 bits per heavy atom. The normalized spacial score (nSPS) is 20.0. The van der Waals surface area contributed by atoms with E-state index in [9.17, 15) is 14.4 Å². The first-order valence-corrected chi connectivity index (χ1v) is 10.6. The molecule has 2 saturated heterocycles. The Bertz CT molecular complexity index is 769. The Labute approximate surface area is 169 Å². The quantitative estimate of drug-likeness (QED) is 0.675. The molecule has 0 N–H and O–H groups in total. The number of imide groups is 1. The number of thioether (sulfide) groups is 1. The zero-order chi connectivity index (χ0) is 20.1. The second-order valence-electron chi connectivity index (χ2n) is 7.12. The maximum absolute atomic E-state index is 12.6. The number of amides is 3. The predicted octanol–water partition coefficient (Wildman–Crippen LogP) is 3.91. The number of ether oxygens (including phenoxy) is 1. The zero-order valence-corrected chi connectivity index (χ0v) is 17.2. The van der Waals surface area contributed by atoms with Crippen LogP contribution in [-0.2, 0) is 9.59 Å². The summed E-state index contributed by atoms with van der Waals surface area (Å²) in [5, 5.41) is -0.390. The van der Waals surface area contributed by atoms with Crippen molar-refractivity contribution >= 4 is 34.9 Å². The molecule has 1 atom stereocenters. The van der Waals surface area contributed by atoms with E-state index in [-0.39, 0.29) is 18.6 Å². The summed E-state index contributed by atoms with van der Waals surface area (Å²) < 4.78 is 5.75. The van der Waals surface area contributed by atoms with Gasteiger partial charge in [0, 0.05) is 13.1 Å². The monoisotopic (exact) mass is 402 g/mol. The van der Waals surface area contributed by atoms with Gasteiger partial charge in [-0.3, -0.25) is 19.3 Å². The average Bonchev–Trinajstić information content (AvgIpc) is 2.97. The van der Waals surface area contributed by atoms with Crippen LogP contribution in [0.4, 0.5) is 4.79 Å². The molecule has 0 spiro atoms. The summed E-state index contributed by atoms with van der Waals surface area (Å²) in [5.74, 6) is 0.210. The van der Waals surface area contributed by atoms with E-state index in [1.165, 1.54) is 0 Å². The lowest BCUT2D eigenvalue weighted by atomic mass is 10.1. The fraction of sp³-hybridized carbons (Fsp3) is 0.476. The third-order valence-electron chi connectivity index (χ3n) is 4.97. The zero-order valence-electron chi connectivity index (χ0n) is 16.3. The van der Waals surface area contributed by atoms with Crippen molar-refractivity contribution in [1.82, 2.24) is 9.80 Å². The molecular formula is C21H26N2O4S. The van der Waals surface area contributed by atoms with Crippen LogP contribution in [0.2, 0.25) is 0 Å². The molecule has 0 saturated carbocycles. The van der Waals surface area contributed by atoms with Gasteiger partial charge in [-0.05, 0) is 68.1 Å². The van der Waals surface area contributed by atoms with E-state index in [1.54, 1.807) is 11.0 Å². The minimum absolute atomic E-state index is 0.139. The molecule has 28 heavy (non-hydrogen) atoms. The van der Waals surface area contributed by atoms with Crippen LogP contribution in [0.15, 0.2) is 29.2 Å². The van der Waals surface area contributed by atoms with Gasteiger partial charge in [0.05, 0.1) is 11.0 Å². The number of hydrogen-bond acceptors (Lipinski definition) is 5. The van der Waals surface area contributed by atoms with Crippen molar-refractivity contribution in [2.45, 2.75) is 45.6 Å². The van der Waals surface area contributed by atoms with E-state index in [2.05, 4.69) is 6.92 Å². The molecule has 6 nitrogen and oxygen atoms in total. The number of piperidine rings is 1. The number of rotatable bonds is 6. The van der Waals surface area contributed by atoms with Gasteiger partial charge in [-0.25, -0.2) is 0 Å². The number of likely N-dealkylation sites (tertiary alicyclic amines) is 1. The Kier molecular flexibility index (Phi) is 6.78. The third-order valence-corrected chi connectivity index (χ3v) is 5.87. The maximum atomic E-state index is 12.6. The third kappa shape index (κ3) is 4.95. The fourth-order valence-electron chi connectivity index (χ4n) is 3.12. The lowest BCUT2D eigenvalue weighted by molar-refractivity contribution is -0.136. The molecule has 0 radical (unpaired) electrons. The molecule has 1 aromatic rings. The van der Waals surface area contributed by atoms with Crippen molar-refractivity contribution in [3.63, 3.8) is 0 Å². The van der Waals surface area contributed by atoms with Gasteiger partial charge in [-0.1, -0.05) is 19.1 Å². The molecule has 1 unspecified atom stereocenters. The molecule has 3 rings (SSSR count). The molecule has 0 aliphatic carbocycles. The molecule has 2 aliphatic heterocycles. The Morgan fingerprint density at radius 1 is 1.18 bits per heavy atom. The smallest absolute Gasteiger partial charge is 0.294 e. The lowest BCUT2D eigenvalue weighted by Gasteiger charge is -2.27. The Hall–Kier alpha value is -2.28. The highest BCUT2D eigenvalue weighted by atomic mass is 32.2. The van der Waals surface area contributed by atoms with Gasteiger partial charge in [0.2, 0.25) is 5.91 Å². The summed E-state index contributed by atoms with van der Waals surface area (Å²) in [6.45, 7) is 5.30. The largest absolute Gasteiger partial charge is 0.491 e. The van der Waals surface area contributed by atoms with Gasteiger partial charge < -0.3 is 9.64 Å². The standard InChI is InChI=1S/C21H26N2O4S/c1-3-15(2)27-17-9-7-16(8-10-17)13-18-20(25)23(21(26)28-18)14-19(24)22-11-5-4-6-12-22/h7-10,13,15H,3-6,11-12,14H2,1-2H3/b18-13-. The molecule has 7 heteroatoms. The highest BCUT2D eigenvalue weighted by molar-refractivity contribution is 8.18. The van der Waals surface area contributed by atoms with Crippen LogP contribution in [0.25, 0.3) is 6.08 Å². The second-order valence-corrected chi connectivity index (χ2v) is 8.11. The number of hydrogen-bond donors (Lipinski definition) is 0. The van der Waals surface area contributed by atoms with E-state index in [1.807, 2.05) is 31.2 Å². The minimum Gasteiger partial charge on any atom is -0.491 e. The summed E-state index contributed by atoms with van der Waals surface area (Å²) >= 11 is 0.880. The van der Waals surface area contributed by atoms with Crippen LogP contribution in [0.3, 0.4) is 0 Å². The van der Waals surface area contributed by atoms with Gasteiger partial charge in [0.1, 0.15) is 12.3 Å². The van der Waals surface area contributed by atoms with Crippen molar-refractivity contribution in [2.24, 2.45) is 0 Å². The molecule has 150 valence electrons. The number of carbonyl (C=O) groups excluding carboxylic acids is 3. The number of benzene rings is 1. The topological polar surface area (TPSA) is 66.9 Å². The van der Waals surface area contributed by atoms with Gasteiger partial charge in [-0.15, -0.1) is 0 Å². The van der Waals surface area contributed by atoms with E-state index < -0.39 is 11.1 Å². The molecule has 2 fully saturated rings. The minimum atomic E-state index is -0.403. The van der Waals surface area contributed by atoms with Crippen LogP contribution in [-0.4, -0.2) is 52.6 Å². The molecule has 3 amide bonds. The lowest BCUT2D eigenvalue weighted by Crippen LogP contribution is -2.44. The van der Waals surface area contributed by atoms with Crippen molar-refractivity contribution in [3.05, 3.63) is 34.7 Å². The van der Waals surface area contributed by atoms with E-state index in [0.717, 1.165) is 53.7 Å². The van der Waals surface area contributed by atoms with Crippen LogP contribution in [0.1, 0.15) is 45.1 Å². The van der Waals surface area contributed by atoms with Crippen molar-refractivity contribution < 1.29 is 19.1 Å². The first-order chi connectivity index (χ1) is 13.5. The summed E-state index contributed by atoms with van der Waals surface area (Å²) in [6, 6.07) is 7.40. The van der Waals surface area contributed by atoms with E-state index >= 15 is 0 Å². The number of nitrogens with zero attached hydrogens (tertiary/aromatic N) is 2. The van der Waals surface area contributed by atoms with Crippen LogP contribution >= 0.6 is 11.8 Å². The van der Waals surface area contributed by atoms with Gasteiger partial charge in [-0.2, -0.15) is 0 Å². The fourth-order valence-corrected chi connectivity index (χ4v) is 3.96. The molecule has 0 aromatic heterocycles. The van der Waals surface area contributed by atoms with Crippen molar-refractivity contribution in [1.29, 1.82) is 0 Å². The van der Waals surface area contributed by atoms with Crippen LogP contribution in [0.5, 0.6) is 5.75 Å². The molecule has 0 bridgehead atoms. The van der Waals surface area contributed by atoms with Gasteiger partial charge in [0.15, 0.2) is 0 Å². The van der Waals surface area contributed by atoms with Gasteiger partial charge in [0.25, 0.3) is 11.1 Å². The Morgan fingerprint density at radius 2 is 1.86 bits per heavy atom. The number of carbonyl (C=O) groups is 3. The summed E-state index contributed by atoms with van der Waals surface area (Å²) in [5.41, 5.74) is 0.810.